The number of nitriles is 2. The lowest BCUT2D eigenvalue weighted by molar-refractivity contribution is 0.369. The van der Waals surface area contributed by atoms with Gasteiger partial charge in [-0.25, -0.2) is 9.98 Å². The number of phenols is 1. The number of fused-ring (bicyclic) bond motifs is 1. The van der Waals surface area contributed by atoms with Gasteiger partial charge < -0.3 is 26.6 Å². The molecule has 1 aromatic carbocycles. The van der Waals surface area contributed by atoms with Gasteiger partial charge in [-0.2, -0.15) is 10.5 Å². The highest BCUT2D eigenvalue weighted by Crippen LogP contribution is 2.45. The number of anilines is 3. The first kappa shape index (κ1) is 18.6. The van der Waals surface area contributed by atoms with Gasteiger partial charge in [0.25, 0.3) is 0 Å². The second-order valence-corrected chi connectivity index (χ2v) is 5.99. The van der Waals surface area contributed by atoms with Crippen LogP contribution in [0, 0.1) is 22.8 Å². The Hall–Kier alpha value is -4.18. The predicted molar refractivity (Wildman–Crippen MR) is 103 cm³/mol. The molecule has 142 valence electrons. The molecule has 10 nitrogen and oxygen atoms in total. The van der Waals surface area contributed by atoms with Crippen molar-refractivity contribution < 1.29 is 9.84 Å². The van der Waals surface area contributed by atoms with E-state index in [4.69, 9.17) is 21.5 Å². The van der Waals surface area contributed by atoms with Crippen LogP contribution < -0.4 is 26.8 Å². The number of guanidine groups is 1. The van der Waals surface area contributed by atoms with Gasteiger partial charge in [0.2, 0.25) is 5.96 Å². The van der Waals surface area contributed by atoms with E-state index in [0.717, 1.165) is 5.56 Å². The largest absolute Gasteiger partial charge is 0.504 e. The minimum absolute atomic E-state index is 0.0237. The number of aryl methyl sites for hydroxylation is 1. The summed E-state index contributed by atoms with van der Waals surface area (Å²) in [5.41, 5.74) is 13.8. The summed E-state index contributed by atoms with van der Waals surface area (Å²) in [4.78, 5) is 8.64. The minimum atomic E-state index is -0.840. The number of phenolic OH excluding ortho intramolecular Hbond substituents is 1. The van der Waals surface area contributed by atoms with Crippen molar-refractivity contribution in [1.29, 1.82) is 10.5 Å². The number of pyridine rings is 1. The second kappa shape index (κ2) is 7.21. The van der Waals surface area contributed by atoms with E-state index in [1.54, 1.807) is 18.3 Å². The average Bonchev–Trinajstić information content (AvgIpc) is 2.68. The molecule has 0 spiro atoms. The average molecular weight is 378 g/mol. The van der Waals surface area contributed by atoms with Crippen LogP contribution in [0.5, 0.6) is 11.5 Å². The number of nitrogens with zero attached hydrogens (tertiary/aromatic N) is 4. The smallest absolute Gasteiger partial charge is 0.211 e. The number of ether oxygens (including phenoxy) is 1. The van der Waals surface area contributed by atoms with Gasteiger partial charge in [0, 0.05) is 11.1 Å². The van der Waals surface area contributed by atoms with Crippen LogP contribution in [0.3, 0.4) is 0 Å². The van der Waals surface area contributed by atoms with Gasteiger partial charge in [-0.05, 0) is 24.1 Å². The van der Waals surface area contributed by atoms with Gasteiger partial charge in [-0.15, -0.1) is 0 Å². The summed E-state index contributed by atoms with van der Waals surface area (Å²) in [7, 11) is 1.45. The summed E-state index contributed by atoms with van der Waals surface area (Å²) >= 11 is 0. The molecule has 2 aromatic rings. The van der Waals surface area contributed by atoms with E-state index in [1.165, 1.54) is 7.11 Å². The van der Waals surface area contributed by atoms with Gasteiger partial charge in [0.1, 0.15) is 29.3 Å². The molecule has 1 aliphatic rings. The maximum Gasteiger partial charge on any atom is 0.211 e. The molecule has 28 heavy (non-hydrogen) atoms. The van der Waals surface area contributed by atoms with Crippen LogP contribution in [-0.2, 0) is 6.42 Å². The zero-order valence-electron chi connectivity index (χ0n) is 15.2. The Balaban J connectivity index is 2.33. The number of methoxy groups -OCH3 is 1. The third-order valence-corrected chi connectivity index (χ3v) is 4.44. The molecule has 10 heteroatoms. The first-order chi connectivity index (χ1) is 13.4. The molecule has 1 unspecified atom stereocenters. The third kappa shape index (κ3) is 2.93. The van der Waals surface area contributed by atoms with Crippen molar-refractivity contribution >= 4 is 23.3 Å². The highest BCUT2D eigenvalue weighted by Gasteiger charge is 2.32. The van der Waals surface area contributed by atoms with Crippen LogP contribution in [-0.4, -0.2) is 23.2 Å². The van der Waals surface area contributed by atoms with E-state index in [-0.39, 0.29) is 40.3 Å². The SMILES string of the molecule is CCc1cc(OC)c(O)c(C2N=C(NC#N)Nc3nc(N)c(C#N)c(N)c32)c1. The van der Waals surface area contributed by atoms with Gasteiger partial charge in [0.15, 0.2) is 17.7 Å². The lowest BCUT2D eigenvalue weighted by Gasteiger charge is -2.27. The van der Waals surface area contributed by atoms with E-state index >= 15 is 0 Å². The van der Waals surface area contributed by atoms with E-state index in [0.29, 0.717) is 17.5 Å². The molecular weight excluding hydrogens is 360 g/mol. The number of rotatable bonds is 3. The Morgan fingerprint density at radius 1 is 1.36 bits per heavy atom. The monoisotopic (exact) mass is 378 g/mol. The molecule has 0 saturated heterocycles. The first-order valence-corrected chi connectivity index (χ1v) is 8.33. The number of nitrogens with two attached hydrogens (primary N) is 2. The summed E-state index contributed by atoms with van der Waals surface area (Å²) < 4.78 is 5.27. The number of hydrogen-bond donors (Lipinski definition) is 5. The second-order valence-electron chi connectivity index (χ2n) is 5.99. The molecule has 2 heterocycles. The maximum atomic E-state index is 10.7. The van der Waals surface area contributed by atoms with Crippen LogP contribution in [0.2, 0.25) is 0 Å². The Bertz CT molecular complexity index is 1060. The molecule has 3 rings (SSSR count). The fourth-order valence-corrected chi connectivity index (χ4v) is 3.06. The third-order valence-electron chi connectivity index (χ3n) is 4.44. The molecule has 1 atom stereocenters. The number of nitrogen functional groups attached to an aromatic ring is 2. The van der Waals surface area contributed by atoms with Gasteiger partial charge in [0.05, 0.1) is 12.8 Å². The van der Waals surface area contributed by atoms with Crippen molar-refractivity contribution in [1.82, 2.24) is 10.3 Å². The van der Waals surface area contributed by atoms with Crippen molar-refractivity contribution in [3.8, 4) is 23.8 Å². The molecular formula is C18H18N8O2. The minimum Gasteiger partial charge on any atom is -0.504 e. The lowest BCUT2D eigenvalue weighted by Crippen LogP contribution is -2.32. The Morgan fingerprint density at radius 2 is 2.11 bits per heavy atom. The van der Waals surface area contributed by atoms with Gasteiger partial charge >= 0.3 is 0 Å². The summed E-state index contributed by atoms with van der Waals surface area (Å²) in [6.45, 7) is 1.96. The van der Waals surface area contributed by atoms with Gasteiger partial charge in [-0.3, -0.25) is 5.32 Å². The van der Waals surface area contributed by atoms with Crippen molar-refractivity contribution in [3.05, 3.63) is 34.4 Å². The molecule has 1 aromatic heterocycles. The molecule has 0 amide bonds. The van der Waals surface area contributed by atoms with Crippen LogP contribution in [0.25, 0.3) is 0 Å². The Labute approximate surface area is 161 Å². The molecule has 0 saturated carbocycles. The maximum absolute atomic E-state index is 10.7. The van der Waals surface area contributed by atoms with E-state index in [9.17, 15) is 10.4 Å². The van der Waals surface area contributed by atoms with Crippen LogP contribution in [0.15, 0.2) is 17.1 Å². The normalized spacial score (nSPS) is 14.7. The Kier molecular flexibility index (Phi) is 4.79. The molecule has 0 bridgehead atoms. The van der Waals surface area contributed by atoms with Gasteiger partial charge in [-0.1, -0.05) is 6.92 Å². The first-order valence-electron chi connectivity index (χ1n) is 8.33. The van der Waals surface area contributed by atoms with Crippen molar-refractivity contribution in [2.45, 2.75) is 19.4 Å². The predicted octanol–water partition coefficient (Wildman–Crippen LogP) is 1.34. The Morgan fingerprint density at radius 3 is 2.71 bits per heavy atom. The number of hydrogen-bond acceptors (Lipinski definition) is 10. The van der Waals surface area contributed by atoms with E-state index in [1.807, 2.05) is 13.0 Å². The van der Waals surface area contributed by atoms with E-state index < -0.39 is 6.04 Å². The summed E-state index contributed by atoms with van der Waals surface area (Å²) in [6, 6.07) is 4.60. The van der Waals surface area contributed by atoms with Crippen molar-refractivity contribution in [2.75, 3.05) is 23.9 Å². The zero-order valence-corrected chi connectivity index (χ0v) is 15.2. The number of aromatic nitrogens is 1. The van der Waals surface area contributed by atoms with Crippen LogP contribution in [0.1, 0.15) is 35.2 Å². The molecule has 7 N–H and O–H groups in total. The molecule has 0 aliphatic carbocycles. The fraction of sp³-hybridized carbons (Fsp3) is 0.222. The number of benzene rings is 1. The van der Waals surface area contributed by atoms with Crippen LogP contribution in [0.4, 0.5) is 17.3 Å². The highest BCUT2D eigenvalue weighted by atomic mass is 16.5. The number of aliphatic imine (C=N–C) groups is 1. The fourth-order valence-electron chi connectivity index (χ4n) is 3.06. The topological polar surface area (TPSA) is 178 Å². The van der Waals surface area contributed by atoms with Crippen LogP contribution >= 0.6 is 0 Å². The quantitative estimate of drug-likeness (QED) is 0.389. The standard InChI is InChI=1S/C18H18N8O2/c1-3-8-4-9(15(27)11(5-8)28-2)14-12-13(21)10(6-19)16(22)25-17(12)26-18(24-14)23-7-20/h4-5,14,27H,3H2,1-2H3,(H6,21,22,23,24,25,26). The number of nitrogens with one attached hydrogen (secondary N) is 2. The summed E-state index contributed by atoms with van der Waals surface area (Å²) in [5.74, 6) is 0.463. The van der Waals surface area contributed by atoms with Crippen molar-refractivity contribution in [2.24, 2.45) is 4.99 Å². The molecule has 0 radical (unpaired) electrons. The molecule has 0 fully saturated rings. The summed E-state index contributed by atoms with van der Waals surface area (Å²) in [6.07, 6.45) is 2.47. The highest BCUT2D eigenvalue weighted by molar-refractivity contribution is 5.98. The van der Waals surface area contributed by atoms with E-state index in [2.05, 4.69) is 20.6 Å². The summed E-state index contributed by atoms with van der Waals surface area (Å²) in [5, 5.41) is 34.3. The lowest BCUT2D eigenvalue weighted by atomic mass is 9.92. The number of aromatic hydroxyl groups is 1. The molecule has 1 aliphatic heterocycles. The van der Waals surface area contributed by atoms with Crippen molar-refractivity contribution in [3.63, 3.8) is 0 Å². The zero-order chi connectivity index (χ0) is 20.4.